The van der Waals surface area contributed by atoms with Gasteiger partial charge in [-0.2, -0.15) is 4.31 Å². The Morgan fingerprint density at radius 2 is 1.76 bits per heavy atom. The van der Waals surface area contributed by atoms with Crippen molar-refractivity contribution in [3.8, 4) is 11.5 Å². The smallest absolute Gasteiger partial charge is 0.258 e. The fourth-order valence-corrected chi connectivity index (χ4v) is 5.58. The molecule has 2 aromatic rings. The number of nitrogens with one attached hydrogen (secondary N) is 1. The molecule has 0 radical (unpaired) electrons. The van der Waals surface area contributed by atoms with Crippen LogP contribution in [0.1, 0.15) is 45.2 Å². The number of hydrogen-bond donors (Lipinski definition) is 1. The molecule has 1 fully saturated rings. The van der Waals surface area contributed by atoms with Gasteiger partial charge in [-0.3, -0.25) is 14.9 Å². The van der Waals surface area contributed by atoms with E-state index in [-0.39, 0.29) is 16.0 Å². The number of imide groups is 1. The highest BCUT2D eigenvalue weighted by Gasteiger charge is 2.38. The van der Waals surface area contributed by atoms with Crippen LogP contribution in [0.5, 0.6) is 11.5 Å². The number of fused-ring (bicyclic) bond motifs is 1. The van der Waals surface area contributed by atoms with Gasteiger partial charge in [0.1, 0.15) is 11.5 Å². The Balaban J connectivity index is 1.73. The number of carbonyl (C=O) groups excluding carboxylic acids is 2. The average Bonchev–Trinajstić information content (AvgIpc) is 3.32. The van der Waals surface area contributed by atoms with E-state index in [1.54, 1.807) is 19.2 Å². The molecule has 0 saturated carbocycles. The maximum Gasteiger partial charge on any atom is 0.258 e. The molecule has 4 rings (SSSR count). The predicted octanol–water partition coefficient (Wildman–Crippen LogP) is 2.11. The van der Waals surface area contributed by atoms with Gasteiger partial charge in [0.05, 0.1) is 36.3 Å². The van der Waals surface area contributed by atoms with Gasteiger partial charge in [0.25, 0.3) is 11.8 Å². The van der Waals surface area contributed by atoms with Gasteiger partial charge in [-0.25, -0.2) is 8.42 Å². The van der Waals surface area contributed by atoms with Crippen molar-refractivity contribution in [1.29, 1.82) is 0 Å². The van der Waals surface area contributed by atoms with Gasteiger partial charge in [0.2, 0.25) is 10.0 Å². The largest absolute Gasteiger partial charge is 0.497 e. The van der Waals surface area contributed by atoms with E-state index in [1.165, 1.54) is 29.6 Å². The molecule has 1 unspecified atom stereocenters. The van der Waals surface area contributed by atoms with Gasteiger partial charge in [-0.05, 0) is 37.1 Å². The number of amides is 2. The van der Waals surface area contributed by atoms with Crippen LogP contribution in [-0.4, -0.2) is 45.3 Å². The summed E-state index contributed by atoms with van der Waals surface area (Å²) in [4.78, 5) is 23.7. The summed E-state index contributed by atoms with van der Waals surface area (Å²) in [6.07, 6.45) is 1.34. The molecule has 2 aliphatic heterocycles. The molecule has 0 bridgehead atoms. The monoisotopic (exact) mass is 416 g/mol. The van der Waals surface area contributed by atoms with Gasteiger partial charge in [-0.15, -0.1) is 0 Å². The van der Waals surface area contributed by atoms with Crippen molar-refractivity contribution in [3.05, 3.63) is 53.1 Å². The molecule has 2 heterocycles. The van der Waals surface area contributed by atoms with Crippen molar-refractivity contribution in [2.24, 2.45) is 0 Å². The Hall–Kier alpha value is -2.91. The highest BCUT2D eigenvalue weighted by molar-refractivity contribution is 7.89. The fourth-order valence-electron chi connectivity index (χ4n) is 3.88. The Kier molecular flexibility index (Phi) is 4.79. The zero-order valence-corrected chi connectivity index (χ0v) is 16.8. The minimum atomic E-state index is -3.88. The van der Waals surface area contributed by atoms with E-state index in [0.29, 0.717) is 30.9 Å². The maximum atomic E-state index is 13.4. The summed E-state index contributed by atoms with van der Waals surface area (Å²) in [6, 6.07) is 8.92. The van der Waals surface area contributed by atoms with E-state index in [2.05, 4.69) is 5.32 Å². The van der Waals surface area contributed by atoms with Crippen LogP contribution in [0.2, 0.25) is 0 Å². The van der Waals surface area contributed by atoms with Crippen molar-refractivity contribution in [1.82, 2.24) is 9.62 Å². The zero-order valence-electron chi connectivity index (χ0n) is 16.0. The first kappa shape index (κ1) is 19.4. The first-order valence-electron chi connectivity index (χ1n) is 9.10. The Bertz CT molecular complexity index is 1110. The Morgan fingerprint density at radius 1 is 1.00 bits per heavy atom. The molecule has 0 aliphatic carbocycles. The van der Waals surface area contributed by atoms with Crippen molar-refractivity contribution in [2.45, 2.75) is 23.8 Å². The molecule has 0 spiro atoms. The molecule has 2 aromatic carbocycles. The van der Waals surface area contributed by atoms with Crippen LogP contribution >= 0.6 is 0 Å². The Labute approximate surface area is 168 Å². The standard InChI is InChI=1S/C20H20N2O6S/c1-27-12-5-7-15(18(10-12)28-2)17-4-3-9-22(17)29(25,26)13-6-8-14-16(11-13)20(24)21-19(14)23/h5-8,10-11,17H,3-4,9H2,1-2H3,(H,21,23,24). The lowest BCUT2D eigenvalue weighted by molar-refractivity contribution is 0.0879. The lowest BCUT2D eigenvalue weighted by atomic mass is 10.0. The molecule has 152 valence electrons. The van der Waals surface area contributed by atoms with E-state index >= 15 is 0 Å². The molecule has 1 saturated heterocycles. The minimum absolute atomic E-state index is 0.0134. The summed E-state index contributed by atoms with van der Waals surface area (Å²) in [5, 5.41) is 2.18. The number of hydrogen-bond acceptors (Lipinski definition) is 6. The second kappa shape index (κ2) is 7.16. The molecule has 2 amide bonds. The highest BCUT2D eigenvalue weighted by Crippen LogP contribution is 2.41. The molecule has 29 heavy (non-hydrogen) atoms. The van der Waals surface area contributed by atoms with Gasteiger partial charge >= 0.3 is 0 Å². The van der Waals surface area contributed by atoms with Crippen LogP contribution in [0.3, 0.4) is 0 Å². The van der Waals surface area contributed by atoms with Gasteiger partial charge < -0.3 is 9.47 Å². The van der Waals surface area contributed by atoms with Gasteiger partial charge in [-0.1, -0.05) is 6.07 Å². The first-order valence-corrected chi connectivity index (χ1v) is 10.5. The number of rotatable bonds is 5. The maximum absolute atomic E-state index is 13.4. The van der Waals surface area contributed by atoms with Crippen molar-refractivity contribution >= 4 is 21.8 Å². The summed E-state index contributed by atoms with van der Waals surface area (Å²) in [6.45, 7) is 0.352. The number of nitrogens with zero attached hydrogens (tertiary/aromatic N) is 1. The van der Waals surface area contributed by atoms with Gasteiger partial charge in [0, 0.05) is 18.2 Å². The van der Waals surface area contributed by atoms with E-state index in [0.717, 1.165) is 5.56 Å². The van der Waals surface area contributed by atoms with Crippen LogP contribution in [0, 0.1) is 0 Å². The summed E-state index contributed by atoms with van der Waals surface area (Å²) in [7, 11) is -0.803. The third kappa shape index (κ3) is 3.16. The Morgan fingerprint density at radius 3 is 2.48 bits per heavy atom. The number of sulfonamides is 1. The van der Waals surface area contributed by atoms with Crippen LogP contribution in [0.15, 0.2) is 41.3 Å². The molecular formula is C20H20N2O6S. The highest BCUT2D eigenvalue weighted by atomic mass is 32.2. The summed E-state index contributed by atoms with van der Waals surface area (Å²) in [5.41, 5.74) is 1.01. The van der Waals surface area contributed by atoms with Crippen molar-refractivity contribution < 1.29 is 27.5 Å². The van der Waals surface area contributed by atoms with Crippen LogP contribution in [-0.2, 0) is 10.0 Å². The van der Waals surface area contributed by atoms with Crippen molar-refractivity contribution in [3.63, 3.8) is 0 Å². The number of methoxy groups -OCH3 is 2. The molecule has 1 atom stereocenters. The second-order valence-electron chi connectivity index (χ2n) is 6.87. The van der Waals surface area contributed by atoms with Crippen molar-refractivity contribution in [2.75, 3.05) is 20.8 Å². The third-order valence-electron chi connectivity index (χ3n) is 5.32. The zero-order chi connectivity index (χ0) is 20.8. The van der Waals surface area contributed by atoms with Crippen LogP contribution < -0.4 is 14.8 Å². The topological polar surface area (TPSA) is 102 Å². The van der Waals surface area contributed by atoms with E-state index < -0.39 is 27.9 Å². The lowest BCUT2D eigenvalue weighted by Crippen LogP contribution is -2.31. The summed E-state index contributed by atoms with van der Waals surface area (Å²) < 4.78 is 38.9. The summed E-state index contributed by atoms with van der Waals surface area (Å²) >= 11 is 0. The lowest BCUT2D eigenvalue weighted by Gasteiger charge is -2.26. The van der Waals surface area contributed by atoms with Gasteiger partial charge in [0.15, 0.2) is 0 Å². The number of carbonyl (C=O) groups is 2. The molecule has 1 N–H and O–H groups in total. The van der Waals surface area contributed by atoms with E-state index in [4.69, 9.17) is 9.47 Å². The minimum Gasteiger partial charge on any atom is -0.497 e. The second-order valence-corrected chi connectivity index (χ2v) is 8.76. The fraction of sp³-hybridized carbons (Fsp3) is 0.300. The number of ether oxygens (including phenoxy) is 2. The molecule has 8 nitrogen and oxygen atoms in total. The van der Waals surface area contributed by atoms with Crippen LogP contribution in [0.4, 0.5) is 0 Å². The van der Waals surface area contributed by atoms with Crippen LogP contribution in [0.25, 0.3) is 0 Å². The molecule has 0 aromatic heterocycles. The normalized spacial score (nSPS) is 19.2. The average molecular weight is 416 g/mol. The third-order valence-corrected chi connectivity index (χ3v) is 7.22. The first-order chi connectivity index (χ1) is 13.9. The quantitative estimate of drug-likeness (QED) is 0.749. The molecule has 9 heteroatoms. The molecule has 2 aliphatic rings. The molecular weight excluding hydrogens is 396 g/mol. The van der Waals surface area contributed by atoms with E-state index in [1.807, 2.05) is 6.07 Å². The van der Waals surface area contributed by atoms with E-state index in [9.17, 15) is 18.0 Å². The number of benzene rings is 2. The SMILES string of the molecule is COc1ccc(C2CCCN2S(=O)(=O)c2ccc3c(c2)C(=O)NC3=O)c(OC)c1. The predicted molar refractivity (Wildman–Crippen MR) is 104 cm³/mol. The summed E-state index contributed by atoms with van der Waals surface area (Å²) in [5.74, 6) is 0.0653.